The Kier molecular flexibility index (Phi) is 6.30. The molecular weight excluding hydrogens is 325 g/mol. The predicted molar refractivity (Wildman–Crippen MR) is 78.9 cm³/mol. The minimum Gasteiger partial charge on any atom is -0.372 e. The van der Waals surface area contributed by atoms with Crippen LogP contribution < -0.4 is 5.32 Å². The Bertz CT molecular complexity index is 617. The zero-order chi connectivity index (χ0) is 17.4. The third kappa shape index (κ3) is 6.37. The van der Waals surface area contributed by atoms with E-state index in [1.165, 1.54) is 6.33 Å². The molecule has 2 N–H and O–H groups in total. The number of ether oxygens (including phenoxy) is 1. The van der Waals surface area contributed by atoms with Crippen molar-refractivity contribution in [3.05, 3.63) is 48.0 Å². The van der Waals surface area contributed by atoms with Crippen molar-refractivity contribution in [2.24, 2.45) is 0 Å². The second kappa shape index (κ2) is 8.44. The van der Waals surface area contributed by atoms with Gasteiger partial charge in [-0.3, -0.25) is 9.89 Å². The average molecular weight is 342 g/mol. The molecule has 1 atom stereocenters. The van der Waals surface area contributed by atoms with Gasteiger partial charge in [0.25, 0.3) is 0 Å². The van der Waals surface area contributed by atoms with E-state index in [0.29, 0.717) is 12.2 Å². The molecule has 0 radical (unpaired) electrons. The molecule has 6 nitrogen and oxygen atoms in total. The second-order valence-corrected chi connectivity index (χ2v) is 5.08. The fraction of sp³-hybridized carbons (Fsp3) is 0.400. The van der Waals surface area contributed by atoms with Crippen LogP contribution in [0, 0.1) is 0 Å². The number of hydrogen-bond acceptors (Lipinski definition) is 4. The summed E-state index contributed by atoms with van der Waals surface area (Å²) in [6.07, 6.45) is -2.80. The number of H-pyrrole nitrogens is 1. The van der Waals surface area contributed by atoms with Crippen molar-refractivity contribution in [1.29, 1.82) is 0 Å². The highest BCUT2D eigenvalue weighted by molar-refractivity contribution is 5.76. The van der Waals surface area contributed by atoms with Crippen LogP contribution >= 0.6 is 0 Å². The minimum atomic E-state index is -4.39. The molecule has 0 aliphatic carbocycles. The number of nitrogens with zero attached hydrogens (tertiary/aromatic N) is 2. The molecule has 2 rings (SSSR count). The maximum Gasteiger partial charge on any atom is 0.411 e. The third-order valence-electron chi connectivity index (χ3n) is 3.14. The standard InChI is InChI=1S/C15H17F3N4O2/c16-15(17,18)9-24-7-6-14(23)21-12(8-13-19-10-20-22-13)11-4-2-1-3-5-11/h1-5,10,12H,6-9H2,(H,21,23)(H,19,20,22)/t12-/m1/s1. The first-order valence-corrected chi connectivity index (χ1v) is 7.27. The van der Waals surface area contributed by atoms with E-state index >= 15 is 0 Å². The van der Waals surface area contributed by atoms with Gasteiger partial charge in [0.05, 0.1) is 12.6 Å². The number of benzene rings is 1. The largest absolute Gasteiger partial charge is 0.411 e. The van der Waals surface area contributed by atoms with E-state index in [-0.39, 0.29) is 19.1 Å². The number of carbonyl (C=O) groups excluding carboxylic acids is 1. The number of carbonyl (C=O) groups is 1. The maximum absolute atomic E-state index is 12.0. The summed E-state index contributed by atoms with van der Waals surface area (Å²) >= 11 is 0. The van der Waals surface area contributed by atoms with Crippen LogP contribution in [0.25, 0.3) is 0 Å². The van der Waals surface area contributed by atoms with Crippen LogP contribution in [0.3, 0.4) is 0 Å². The summed E-state index contributed by atoms with van der Waals surface area (Å²) in [5.74, 6) is 0.197. The van der Waals surface area contributed by atoms with Crippen molar-refractivity contribution >= 4 is 5.91 Å². The quantitative estimate of drug-likeness (QED) is 0.721. The summed E-state index contributed by atoms with van der Waals surface area (Å²) in [5.41, 5.74) is 0.860. The van der Waals surface area contributed by atoms with E-state index in [0.717, 1.165) is 5.56 Å². The average Bonchev–Trinajstić information content (AvgIpc) is 3.04. The molecule has 0 unspecified atom stereocenters. The fourth-order valence-corrected chi connectivity index (χ4v) is 2.08. The van der Waals surface area contributed by atoms with Crippen molar-refractivity contribution in [3.8, 4) is 0 Å². The summed E-state index contributed by atoms with van der Waals surface area (Å²) in [6, 6.07) is 8.85. The van der Waals surface area contributed by atoms with Gasteiger partial charge in [-0.2, -0.15) is 18.3 Å². The first kappa shape index (κ1) is 17.9. The van der Waals surface area contributed by atoms with E-state index in [4.69, 9.17) is 0 Å². The number of nitrogens with one attached hydrogen (secondary N) is 2. The second-order valence-electron chi connectivity index (χ2n) is 5.08. The van der Waals surface area contributed by atoms with E-state index < -0.39 is 18.7 Å². The van der Waals surface area contributed by atoms with Gasteiger partial charge in [-0.1, -0.05) is 30.3 Å². The van der Waals surface area contributed by atoms with E-state index in [2.05, 4.69) is 25.2 Å². The lowest BCUT2D eigenvalue weighted by atomic mass is 10.0. The number of hydrogen-bond donors (Lipinski definition) is 2. The molecule has 130 valence electrons. The minimum absolute atomic E-state index is 0.157. The monoisotopic (exact) mass is 342 g/mol. The van der Waals surface area contributed by atoms with Crippen LogP contribution in [0.5, 0.6) is 0 Å². The fourth-order valence-electron chi connectivity index (χ4n) is 2.08. The molecule has 1 aromatic carbocycles. The molecule has 0 saturated heterocycles. The Labute approximate surface area is 136 Å². The summed E-state index contributed by atoms with van der Waals surface area (Å²) in [5, 5.41) is 9.26. The lowest BCUT2D eigenvalue weighted by molar-refractivity contribution is -0.174. The first-order chi connectivity index (χ1) is 11.4. The highest BCUT2D eigenvalue weighted by Gasteiger charge is 2.27. The van der Waals surface area contributed by atoms with E-state index in [1.54, 1.807) is 0 Å². The highest BCUT2D eigenvalue weighted by Crippen LogP contribution is 2.17. The smallest absolute Gasteiger partial charge is 0.372 e. The molecule has 0 aliphatic heterocycles. The first-order valence-electron chi connectivity index (χ1n) is 7.27. The van der Waals surface area contributed by atoms with E-state index in [1.807, 2.05) is 30.3 Å². The normalized spacial score (nSPS) is 12.8. The highest BCUT2D eigenvalue weighted by atomic mass is 19.4. The Morgan fingerprint density at radius 1 is 1.29 bits per heavy atom. The Hall–Kier alpha value is -2.42. The molecule has 0 bridgehead atoms. The zero-order valence-corrected chi connectivity index (χ0v) is 12.7. The molecule has 0 fully saturated rings. The van der Waals surface area contributed by atoms with Crippen molar-refractivity contribution in [2.75, 3.05) is 13.2 Å². The van der Waals surface area contributed by atoms with Gasteiger partial charge in [0, 0.05) is 12.8 Å². The number of aromatic nitrogens is 3. The van der Waals surface area contributed by atoms with Gasteiger partial charge < -0.3 is 10.1 Å². The molecule has 2 aromatic rings. The zero-order valence-electron chi connectivity index (χ0n) is 12.7. The molecule has 9 heteroatoms. The van der Waals surface area contributed by atoms with Crippen molar-refractivity contribution < 1.29 is 22.7 Å². The van der Waals surface area contributed by atoms with E-state index in [9.17, 15) is 18.0 Å². The molecule has 24 heavy (non-hydrogen) atoms. The van der Waals surface area contributed by atoms with Crippen LogP contribution in [0.2, 0.25) is 0 Å². The number of amides is 1. The van der Waals surface area contributed by atoms with Crippen molar-refractivity contribution in [1.82, 2.24) is 20.5 Å². The SMILES string of the molecule is O=C(CCOCC(F)(F)F)N[C@H](Cc1ncn[nH]1)c1ccccc1. The molecule has 0 aliphatic rings. The van der Waals surface area contributed by atoms with Gasteiger partial charge in [-0.05, 0) is 5.56 Å². The number of halogens is 3. The molecule has 1 aromatic heterocycles. The van der Waals surface area contributed by atoms with Crippen molar-refractivity contribution in [3.63, 3.8) is 0 Å². The Morgan fingerprint density at radius 3 is 2.67 bits per heavy atom. The lowest BCUT2D eigenvalue weighted by Gasteiger charge is -2.18. The number of alkyl halides is 3. The van der Waals surface area contributed by atoms with Gasteiger partial charge in [0.1, 0.15) is 18.8 Å². The molecular formula is C15H17F3N4O2. The third-order valence-corrected chi connectivity index (χ3v) is 3.14. The summed E-state index contributed by atoms with van der Waals surface area (Å²) in [4.78, 5) is 16.0. The van der Waals surface area contributed by atoms with Crippen LogP contribution in [0.15, 0.2) is 36.7 Å². The maximum atomic E-state index is 12.0. The van der Waals surface area contributed by atoms with Crippen LogP contribution in [0.1, 0.15) is 23.9 Å². The van der Waals surface area contributed by atoms with Gasteiger partial charge in [0.15, 0.2) is 0 Å². The molecule has 0 spiro atoms. The molecule has 1 amide bonds. The van der Waals surface area contributed by atoms with Crippen molar-refractivity contribution in [2.45, 2.75) is 25.1 Å². The topological polar surface area (TPSA) is 79.9 Å². The van der Waals surface area contributed by atoms with Gasteiger partial charge in [-0.25, -0.2) is 4.98 Å². The number of aromatic amines is 1. The summed E-state index contributed by atoms with van der Waals surface area (Å²) < 4.78 is 40.4. The van der Waals surface area contributed by atoms with Crippen LogP contribution in [-0.2, 0) is 16.0 Å². The molecule has 0 saturated carbocycles. The van der Waals surface area contributed by atoms with Crippen LogP contribution in [-0.4, -0.2) is 40.5 Å². The molecule has 1 heterocycles. The number of rotatable bonds is 8. The predicted octanol–water partition coefficient (Wildman–Crippen LogP) is 2.17. The Balaban J connectivity index is 1.89. The lowest BCUT2D eigenvalue weighted by Crippen LogP contribution is -2.31. The van der Waals surface area contributed by atoms with Gasteiger partial charge in [-0.15, -0.1) is 0 Å². The van der Waals surface area contributed by atoms with Crippen LogP contribution in [0.4, 0.5) is 13.2 Å². The van der Waals surface area contributed by atoms with Gasteiger partial charge >= 0.3 is 6.18 Å². The Morgan fingerprint density at radius 2 is 2.04 bits per heavy atom. The summed E-state index contributed by atoms with van der Waals surface area (Å²) in [6.45, 7) is -1.66. The van der Waals surface area contributed by atoms with Gasteiger partial charge in [0.2, 0.25) is 5.91 Å². The summed E-state index contributed by atoms with van der Waals surface area (Å²) in [7, 11) is 0.